The molecular formula is C20H29N3O2. The fraction of sp³-hybridized carbons (Fsp3) is 0.550. The highest BCUT2D eigenvalue weighted by Crippen LogP contribution is 2.18. The number of aliphatic hydroxyl groups excluding tert-OH is 1. The van der Waals surface area contributed by atoms with Gasteiger partial charge in [-0.05, 0) is 25.8 Å². The van der Waals surface area contributed by atoms with Gasteiger partial charge in [0.25, 0.3) is 0 Å². The normalized spacial score (nSPS) is 16.2. The number of β-amino-alcohol motifs (C(OH)–C–C–N with tert-alkyl or cyclic N) is 1. The van der Waals surface area contributed by atoms with Gasteiger partial charge in [0.05, 0.1) is 30.8 Å². The fourth-order valence-corrected chi connectivity index (χ4v) is 3.32. The molecule has 0 radical (unpaired) electrons. The van der Waals surface area contributed by atoms with Crippen LogP contribution in [-0.4, -0.2) is 51.5 Å². The number of imidazole rings is 1. The fourth-order valence-electron chi connectivity index (χ4n) is 3.32. The van der Waals surface area contributed by atoms with Crippen LogP contribution in [0.5, 0.6) is 0 Å². The van der Waals surface area contributed by atoms with Crippen molar-refractivity contribution in [1.29, 1.82) is 0 Å². The predicted octanol–water partition coefficient (Wildman–Crippen LogP) is 2.27. The van der Waals surface area contributed by atoms with Crippen molar-refractivity contribution in [3.8, 4) is 0 Å². The second-order valence-electron chi connectivity index (χ2n) is 7.09. The van der Waals surface area contributed by atoms with Gasteiger partial charge in [0.15, 0.2) is 0 Å². The molecule has 2 aromatic rings. The summed E-state index contributed by atoms with van der Waals surface area (Å²) in [5.41, 5.74) is 3.85. The van der Waals surface area contributed by atoms with Gasteiger partial charge in [-0.3, -0.25) is 4.90 Å². The van der Waals surface area contributed by atoms with Crippen molar-refractivity contribution < 1.29 is 9.84 Å². The smallest absolute Gasteiger partial charge is 0.0952 e. The van der Waals surface area contributed by atoms with Crippen molar-refractivity contribution in [3.05, 3.63) is 53.6 Å². The number of aliphatic hydroxyl groups is 1. The Balaban J connectivity index is 1.52. The summed E-state index contributed by atoms with van der Waals surface area (Å²) in [6, 6.07) is 10.6. The number of aryl methyl sites for hydroxylation is 2. The summed E-state index contributed by atoms with van der Waals surface area (Å²) in [5, 5.41) is 10.1. The molecule has 5 nitrogen and oxygen atoms in total. The summed E-state index contributed by atoms with van der Waals surface area (Å²) in [5.74, 6) is 0. The van der Waals surface area contributed by atoms with E-state index in [1.807, 2.05) is 20.2 Å². The lowest BCUT2D eigenvalue weighted by molar-refractivity contribution is -0.0103. The average Bonchev–Trinajstić information content (AvgIpc) is 3.01. The molecule has 0 bridgehead atoms. The number of hydrogen-bond acceptors (Lipinski definition) is 4. The molecule has 5 heteroatoms. The van der Waals surface area contributed by atoms with Gasteiger partial charge in [-0.15, -0.1) is 0 Å². The topological polar surface area (TPSA) is 50.5 Å². The van der Waals surface area contributed by atoms with Gasteiger partial charge in [-0.2, -0.15) is 0 Å². The maximum Gasteiger partial charge on any atom is 0.0952 e. The van der Waals surface area contributed by atoms with E-state index in [4.69, 9.17) is 4.74 Å². The van der Waals surface area contributed by atoms with E-state index >= 15 is 0 Å². The van der Waals surface area contributed by atoms with Crippen LogP contribution >= 0.6 is 0 Å². The van der Waals surface area contributed by atoms with Gasteiger partial charge < -0.3 is 14.4 Å². The zero-order chi connectivity index (χ0) is 17.6. The van der Waals surface area contributed by atoms with E-state index in [1.54, 1.807) is 0 Å². The van der Waals surface area contributed by atoms with E-state index in [2.05, 4.69) is 44.8 Å². The van der Waals surface area contributed by atoms with Gasteiger partial charge in [0.2, 0.25) is 0 Å². The van der Waals surface area contributed by atoms with E-state index in [0.717, 1.165) is 38.2 Å². The third-order valence-electron chi connectivity index (χ3n) is 4.65. The molecule has 136 valence electrons. The van der Waals surface area contributed by atoms with Crippen LogP contribution in [0.2, 0.25) is 0 Å². The third kappa shape index (κ3) is 5.14. The Bertz CT molecular complexity index is 654. The van der Waals surface area contributed by atoms with Gasteiger partial charge in [0, 0.05) is 38.3 Å². The van der Waals surface area contributed by atoms with Crippen molar-refractivity contribution in [2.24, 2.45) is 0 Å². The number of benzene rings is 1. The molecule has 0 fully saturated rings. The van der Waals surface area contributed by atoms with Crippen molar-refractivity contribution in [1.82, 2.24) is 14.5 Å². The molecule has 0 aliphatic carbocycles. The molecule has 1 unspecified atom stereocenters. The SMILES string of the molecule is CC(C)OCC(O)CN1CCc2c(ncn2CCc2ccccc2)C1. The number of hydrogen-bond donors (Lipinski definition) is 1. The largest absolute Gasteiger partial charge is 0.389 e. The quantitative estimate of drug-likeness (QED) is 0.799. The highest BCUT2D eigenvalue weighted by molar-refractivity contribution is 5.18. The first-order chi connectivity index (χ1) is 12.1. The van der Waals surface area contributed by atoms with Crippen molar-refractivity contribution >= 4 is 0 Å². The lowest BCUT2D eigenvalue weighted by atomic mass is 10.1. The predicted molar refractivity (Wildman–Crippen MR) is 98.4 cm³/mol. The monoisotopic (exact) mass is 343 g/mol. The molecule has 25 heavy (non-hydrogen) atoms. The molecule has 0 amide bonds. The summed E-state index contributed by atoms with van der Waals surface area (Å²) in [7, 11) is 0. The second kappa shape index (κ2) is 8.61. The molecule has 1 aliphatic rings. The number of fused-ring (bicyclic) bond motifs is 1. The van der Waals surface area contributed by atoms with Gasteiger partial charge in [-0.1, -0.05) is 30.3 Å². The number of aromatic nitrogens is 2. The summed E-state index contributed by atoms with van der Waals surface area (Å²) in [6.07, 6.45) is 3.70. The Kier molecular flexibility index (Phi) is 6.24. The van der Waals surface area contributed by atoms with Crippen molar-refractivity contribution in [3.63, 3.8) is 0 Å². The van der Waals surface area contributed by atoms with E-state index in [0.29, 0.717) is 13.2 Å². The summed E-state index contributed by atoms with van der Waals surface area (Å²) < 4.78 is 7.79. The summed E-state index contributed by atoms with van der Waals surface area (Å²) in [6.45, 7) is 7.76. The molecule has 0 spiro atoms. The lowest BCUT2D eigenvalue weighted by Crippen LogP contribution is -2.39. The number of nitrogens with zero attached hydrogens (tertiary/aromatic N) is 3. The number of rotatable bonds is 8. The molecule has 1 atom stereocenters. The molecule has 1 aliphatic heterocycles. The van der Waals surface area contributed by atoms with Crippen LogP contribution in [0, 0.1) is 0 Å². The zero-order valence-corrected chi connectivity index (χ0v) is 15.3. The first-order valence-electron chi connectivity index (χ1n) is 9.20. The summed E-state index contributed by atoms with van der Waals surface area (Å²) >= 11 is 0. The van der Waals surface area contributed by atoms with E-state index in [1.165, 1.54) is 11.3 Å². The van der Waals surface area contributed by atoms with Crippen LogP contribution in [0.25, 0.3) is 0 Å². The first kappa shape index (κ1) is 18.1. The van der Waals surface area contributed by atoms with Crippen LogP contribution in [0.15, 0.2) is 36.7 Å². The van der Waals surface area contributed by atoms with Crippen LogP contribution in [0.1, 0.15) is 30.8 Å². The van der Waals surface area contributed by atoms with Crippen molar-refractivity contribution in [2.45, 2.75) is 52.0 Å². The van der Waals surface area contributed by atoms with Gasteiger partial charge in [0.1, 0.15) is 0 Å². The minimum absolute atomic E-state index is 0.155. The molecule has 2 heterocycles. The minimum atomic E-state index is -0.441. The standard InChI is InChI=1S/C20H29N3O2/c1-16(2)25-14-18(24)12-22-10-9-20-19(13-22)21-15-23(20)11-8-17-6-4-3-5-7-17/h3-7,15-16,18,24H,8-14H2,1-2H3. The molecule has 0 saturated carbocycles. The number of ether oxygens (including phenoxy) is 1. The van der Waals surface area contributed by atoms with Gasteiger partial charge in [-0.25, -0.2) is 4.98 Å². The van der Waals surface area contributed by atoms with Crippen LogP contribution in [0.3, 0.4) is 0 Å². The van der Waals surface area contributed by atoms with E-state index in [-0.39, 0.29) is 6.10 Å². The second-order valence-corrected chi connectivity index (χ2v) is 7.09. The van der Waals surface area contributed by atoms with Crippen LogP contribution in [-0.2, 0) is 30.7 Å². The Morgan fingerprint density at radius 2 is 2.04 bits per heavy atom. The molecule has 0 saturated heterocycles. The maximum absolute atomic E-state index is 10.1. The first-order valence-corrected chi connectivity index (χ1v) is 9.20. The molecule has 1 N–H and O–H groups in total. The Morgan fingerprint density at radius 3 is 2.80 bits per heavy atom. The maximum atomic E-state index is 10.1. The molecule has 3 rings (SSSR count). The lowest BCUT2D eigenvalue weighted by Gasteiger charge is -2.29. The zero-order valence-electron chi connectivity index (χ0n) is 15.3. The molecule has 1 aromatic carbocycles. The highest BCUT2D eigenvalue weighted by Gasteiger charge is 2.22. The molecular weight excluding hydrogens is 314 g/mol. The van der Waals surface area contributed by atoms with Crippen LogP contribution in [0.4, 0.5) is 0 Å². The van der Waals surface area contributed by atoms with E-state index in [9.17, 15) is 5.11 Å². The Morgan fingerprint density at radius 1 is 1.24 bits per heavy atom. The summed E-state index contributed by atoms with van der Waals surface area (Å²) in [4.78, 5) is 6.88. The third-order valence-corrected chi connectivity index (χ3v) is 4.65. The average molecular weight is 343 g/mol. The van der Waals surface area contributed by atoms with Crippen LogP contribution < -0.4 is 0 Å². The molecule has 1 aromatic heterocycles. The Labute approximate surface area is 150 Å². The Hall–Kier alpha value is -1.69. The highest BCUT2D eigenvalue weighted by atomic mass is 16.5. The van der Waals surface area contributed by atoms with Crippen molar-refractivity contribution in [2.75, 3.05) is 19.7 Å². The van der Waals surface area contributed by atoms with E-state index < -0.39 is 6.10 Å². The van der Waals surface area contributed by atoms with Gasteiger partial charge >= 0.3 is 0 Å². The minimum Gasteiger partial charge on any atom is -0.389 e.